The van der Waals surface area contributed by atoms with E-state index in [4.69, 9.17) is 0 Å². The second-order valence-electron chi connectivity index (χ2n) is 6.43. The molecular weight excluding hydrogens is 340 g/mol. The average molecular weight is 356 g/mol. The summed E-state index contributed by atoms with van der Waals surface area (Å²) in [7, 11) is 1.72. The standard InChI is InChI=1S/C15H16N8OS/c1-21-14(24)12-10(6-7-25-12)23-11(16-18-15(21)23)8-22-13(17-19-20-22)9-4-2-3-5-9/h6-7,9H,2-5,8H2,1H3. The number of hydrogen-bond donors (Lipinski definition) is 0. The Morgan fingerprint density at radius 2 is 2.08 bits per heavy atom. The molecule has 0 radical (unpaired) electrons. The smallest absolute Gasteiger partial charge is 0.272 e. The number of hydrogen-bond acceptors (Lipinski definition) is 7. The molecule has 1 saturated carbocycles. The first kappa shape index (κ1) is 14.7. The predicted octanol–water partition coefficient (Wildman–Crippen LogP) is 1.34. The maximum absolute atomic E-state index is 12.4. The van der Waals surface area contributed by atoms with E-state index in [9.17, 15) is 4.79 Å². The molecule has 4 aromatic heterocycles. The number of aromatic nitrogens is 8. The monoisotopic (exact) mass is 356 g/mol. The van der Waals surface area contributed by atoms with Crippen molar-refractivity contribution in [2.75, 3.05) is 0 Å². The molecule has 0 unspecified atom stereocenters. The summed E-state index contributed by atoms with van der Waals surface area (Å²) >= 11 is 1.43. The van der Waals surface area contributed by atoms with E-state index in [1.54, 1.807) is 7.05 Å². The van der Waals surface area contributed by atoms with Gasteiger partial charge in [0.1, 0.15) is 11.2 Å². The summed E-state index contributed by atoms with van der Waals surface area (Å²) in [4.78, 5) is 12.4. The Bertz CT molecular complexity index is 1130. The van der Waals surface area contributed by atoms with Crippen LogP contribution in [0.4, 0.5) is 0 Å². The molecule has 1 aliphatic carbocycles. The van der Waals surface area contributed by atoms with Gasteiger partial charge in [0, 0.05) is 13.0 Å². The Morgan fingerprint density at radius 1 is 1.24 bits per heavy atom. The third-order valence-electron chi connectivity index (χ3n) is 4.97. The van der Waals surface area contributed by atoms with Crippen LogP contribution in [0.3, 0.4) is 0 Å². The number of rotatable bonds is 3. The van der Waals surface area contributed by atoms with E-state index in [0.717, 1.165) is 30.0 Å². The van der Waals surface area contributed by atoms with Crippen molar-refractivity contribution >= 4 is 27.3 Å². The van der Waals surface area contributed by atoms with Gasteiger partial charge >= 0.3 is 0 Å². The summed E-state index contributed by atoms with van der Waals surface area (Å²) < 4.78 is 5.97. The molecule has 5 rings (SSSR count). The predicted molar refractivity (Wildman–Crippen MR) is 91.7 cm³/mol. The molecule has 1 aliphatic rings. The molecule has 4 heterocycles. The van der Waals surface area contributed by atoms with Crippen LogP contribution in [0.5, 0.6) is 0 Å². The molecule has 25 heavy (non-hydrogen) atoms. The van der Waals surface area contributed by atoms with Crippen LogP contribution in [0.1, 0.15) is 43.3 Å². The summed E-state index contributed by atoms with van der Waals surface area (Å²) in [5.41, 5.74) is 0.782. The Hall–Kier alpha value is -2.62. The fraction of sp³-hybridized carbons (Fsp3) is 0.467. The molecule has 1 fully saturated rings. The van der Waals surface area contributed by atoms with Gasteiger partial charge in [0.15, 0.2) is 11.6 Å². The summed E-state index contributed by atoms with van der Waals surface area (Å²) in [6, 6.07) is 1.93. The lowest BCUT2D eigenvalue weighted by molar-refractivity contribution is 0.551. The van der Waals surface area contributed by atoms with E-state index in [-0.39, 0.29) is 5.56 Å². The largest absolute Gasteiger partial charge is 0.279 e. The van der Waals surface area contributed by atoms with Crippen molar-refractivity contribution in [2.24, 2.45) is 7.05 Å². The van der Waals surface area contributed by atoms with Gasteiger partial charge in [-0.3, -0.25) is 13.8 Å². The number of aryl methyl sites for hydroxylation is 1. The van der Waals surface area contributed by atoms with Gasteiger partial charge in [-0.05, 0) is 34.7 Å². The molecule has 0 atom stereocenters. The van der Waals surface area contributed by atoms with E-state index < -0.39 is 0 Å². The molecule has 0 bridgehead atoms. The van der Waals surface area contributed by atoms with E-state index in [1.165, 1.54) is 28.7 Å². The summed E-state index contributed by atoms with van der Waals surface area (Å²) in [5.74, 6) is 2.59. The second-order valence-corrected chi connectivity index (χ2v) is 7.34. The third-order valence-corrected chi connectivity index (χ3v) is 5.86. The molecule has 10 heteroatoms. The second kappa shape index (κ2) is 5.45. The highest BCUT2D eigenvalue weighted by Crippen LogP contribution is 2.32. The van der Waals surface area contributed by atoms with Gasteiger partial charge in [-0.1, -0.05) is 12.8 Å². The van der Waals surface area contributed by atoms with Crippen molar-refractivity contribution in [2.45, 2.75) is 38.1 Å². The van der Waals surface area contributed by atoms with Crippen LogP contribution in [-0.4, -0.2) is 39.4 Å². The number of nitrogens with zero attached hydrogens (tertiary/aromatic N) is 8. The first-order valence-corrected chi connectivity index (χ1v) is 9.18. The van der Waals surface area contributed by atoms with Crippen molar-refractivity contribution in [3.8, 4) is 0 Å². The van der Waals surface area contributed by atoms with Crippen molar-refractivity contribution < 1.29 is 0 Å². The van der Waals surface area contributed by atoms with Crippen molar-refractivity contribution in [1.29, 1.82) is 0 Å². The van der Waals surface area contributed by atoms with Crippen LogP contribution < -0.4 is 5.56 Å². The van der Waals surface area contributed by atoms with Crippen LogP contribution in [0, 0.1) is 0 Å². The van der Waals surface area contributed by atoms with Gasteiger partial charge in [0.05, 0.1) is 5.52 Å². The highest BCUT2D eigenvalue weighted by Gasteiger charge is 2.24. The molecule has 4 aromatic rings. The van der Waals surface area contributed by atoms with Gasteiger partial charge in [-0.2, -0.15) is 0 Å². The maximum atomic E-state index is 12.4. The Kier molecular flexibility index (Phi) is 3.20. The van der Waals surface area contributed by atoms with Gasteiger partial charge in [0.25, 0.3) is 5.56 Å². The quantitative estimate of drug-likeness (QED) is 0.549. The average Bonchev–Trinajstić information content (AvgIpc) is 3.37. The fourth-order valence-electron chi connectivity index (χ4n) is 3.69. The SMILES string of the molecule is Cn1c(=O)c2sccc2n2c(Cn3nnnc3C3CCCC3)nnc12. The molecule has 0 aliphatic heterocycles. The molecule has 0 amide bonds. The minimum absolute atomic E-state index is 0.0504. The van der Waals surface area contributed by atoms with E-state index in [2.05, 4.69) is 25.7 Å². The summed E-state index contributed by atoms with van der Waals surface area (Å²) in [6.45, 7) is 0.434. The van der Waals surface area contributed by atoms with E-state index >= 15 is 0 Å². The minimum atomic E-state index is -0.0504. The highest BCUT2D eigenvalue weighted by atomic mass is 32.1. The zero-order chi connectivity index (χ0) is 17.0. The van der Waals surface area contributed by atoms with Gasteiger partial charge in [-0.25, -0.2) is 4.68 Å². The Labute approximate surface area is 145 Å². The minimum Gasteiger partial charge on any atom is -0.279 e. The molecule has 128 valence electrons. The number of tetrazole rings is 1. The Balaban J connectivity index is 1.65. The topological polar surface area (TPSA) is 95.8 Å². The number of thiophene rings is 1. The summed E-state index contributed by atoms with van der Waals surface area (Å²) in [6.07, 6.45) is 4.71. The van der Waals surface area contributed by atoms with Crippen molar-refractivity contribution in [3.05, 3.63) is 33.4 Å². The Morgan fingerprint density at radius 3 is 2.92 bits per heavy atom. The lowest BCUT2D eigenvalue weighted by Gasteiger charge is -2.09. The molecule has 0 saturated heterocycles. The van der Waals surface area contributed by atoms with Crippen LogP contribution in [0.25, 0.3) is 16.0 Å². The van der Waals surface area contributed by atoms with Crippen molar-refractivity contribution in [1.82, 2.24) is 39.4 Å². The summed E-state index contributed by atoms with van der Waals surface area (Å²) in [5, 5.41) is 22.7. The molecule has 0 aromatic carbocycles. The zero-order valence-electron chi connectivity index (χ0n) is 13.7. The van der Waals surface area contributed by atoms with Crippen molar-refractivity contribution in [3.63, 3.8) is 0 Å². The molecule has 0 N–H and O–H groups in total. The van der Waals surface area contributed by atoms with Crippen LogP contribution in [0.2, 0.25) is 0 Å². The first-order chi connectivity index (χ1) is 12.2. The third kappa shape index (κ3) is 2.13. The first-order valence-electron chi connectivity index (χ1n) is 8.30. The fourth-order valence-corrected chi connectivity index (χ4v) is 4.54. The normalized spacial score (nSPS) is 15.7. The zero-order valence-corrected chi connectivity index (χ0v) is 14.5. The molecular formula is C15H16N8OS. The van der Waals surface area contributed by atoms with Crippen LogP contribution >= 0.6 is 11.3 Å². The highest BCUT2D eigenvalue weighted by molar-refractivity contribution is 7.17. The van der Waals surface area contributed by atoms with Crippen LogP contribution in [0.15, 0.2) is 16.2 Å². The van der Waals surface area contributed by atoms with Gasteiger partial charge in [-0.15, -0.1) is 26.6 Å². The van der Waals surface area contributed by atoms with E-state index in [0.29, 0.717) is 22.9 Å². The van der Waals surface area contributed by atoms with Crippen LogP contribution in [-0.2, 0) is 13.6 Å². The van der Waals surface area contributed by atoms with E-state index in [1.807, 2.05) is 20.5 Å². The molecule has 9 nitrogen and oxygen atoms in total. The lowest BCUT2D eigenvalue weighted by atomic mass is 10.1. The van der Waals surface area contributed by atoms with Gasteiger partial charge in [0.2, 0.25) is 5.78 Å². The number of fused-ring (bicyclic) bond motifs is 3. The lowest BCUT2D eigenvalue weighted by Crippen LogP contribution is -2.20. The molecule has 0 spiro atoms. The van der Waals surface area contributed by atoms with Gasteiger partial charge < -0.3 is 0 Å². The maximum Gasteiger partial charge on any atom is 0.272 e.